The fraction of sp³-hybridized carbons (Fsp3) is 1.00. The van der Waals surface area contributed by atoms with Gasteiger partial charge in [0.2, 0.25) is 20.0 Å². The third-order valence-corrected chi connectivity index (χ3v) is 4.41. The summed E-state index contributed by atoms with van der Waals surface area (Å²) in [6.45, 7) is 2.69. The zero-order chi connectivity index (χ0) is 10.9. The van der Waals surface area contributed by atoms with E-state index in [2.05, 4.69) is 0 Å². The molecule has 0 aliphatic rings. The van der Waals surface area contributed by atoms with Crippen molar-refractivity contribution in [3.05, 3.63) is 0 Å². The van der Waals surface area contributed by atoms with Crippen LogP contribution in [0.3, 0.4) is 0 Å². The van der Waals surface area contributed by atoms with Gasteiger partial charge < -0.3 is 0 Å². The Balaban J connectivity index is 4.50. The molecule has 0 rings (SSSR count). The summed E-state index contributed by atoms with van der Waals surface area (Å²) in [7, 11) is -7.36. The molecular weight excluding hydrogens is 216 g/mol. The molecule has 0 saturated heterocycles. The molecule has 4 N–H and O–H groups in total. The second kappa shape index (κ2) is 3.91. The van der Waals surface area contributed by atoms with E-state index in [1.807, 2.05) is 0 Å². The van der Waals surface area contributed by atoms with Gasteiger partial charge in [-0.25, -0.2) is 27.1 Å². The molecule has 0 aromatic carbocycles. The van der Waals surface area contributed by atoms with Crippen molar-refractivity contribution in [2.45, 2.75) is 30.8 Å². The van der Waals surface area contributed by atoms with Crippen LogP contribution >= 0.6 is 0 Å². The van der Waals surface area contributed by atoms with Crippen molar-refractivity contribution in [1.29, 1.82) is 0 Å². The highest BCUT2D eigenvalue weighted by Gasteiger charge is 2.24. The number of rotatable bonds is 4. The second-order valence-electron chi connectivity index (χ2n) is 3.03. The van der Waals surface area contributed by atoms with Crippen molar-refractivity contribution in [2.75, 3.05) is 0 Å². The number of primary sulfonamides is 2. The third-order valence-electron chi connectivity index (χ3n) is 1.79. The first-order valence-electron chi connectivity index (χ1n) is 3.58. The van der Waals surface area contributed by atoms with Crippen LogP contribution < -0.4 is 10.3 Å². The van der Waals surface area contributed by atoms with Gasteiger partial charge in [-0.05, 0) is 20.3 Å². The summed E-state index contributed by atoms with van der Waals surface area (Å²) < 4.78 is 42.9. The summed E-state index contributed by atoms with van der Waals surface area (Å²) in [6.07, 6.45) is -0.0856. The Hall–Kier alpha value is -0.180. The Morgan fingerprint density at radius 1 is 0.923 bits per heavy atom. The Morgan fingerprint density at radius 3 is 1.31 bits per heavy atom. The first-order valence-corrected chi connectivity index (χ1v) is 6.80. The predicted molar refractivity (Wildman–Crippen MR) is 49.8 cm³/mol. The van der Waals surface area contributed by atoms with Crippen LogP contribution in [0.1, 0.15) is 20.3 Å². The van der Waals surface area contributed by atoms with E-state index in [0.29, 0.717) is 0 Å². The Kier molecular flexibility index (Phi) is 3.85. The molecule has 13 heavy (non-hydrogen) atoms. The van der Waals surface area contributed by atoms with E-state index in [1.165, 1.54) is 13.8 Å². The quantitative estimate of drug-likeness (QED) is 0.625. The zero-order valence-corrected chi connectivity index (χ0v) is 9.10. The van der Waals surface area contributed by atoms with E-state index < -0.39 is 30.5 Å². The normalized spacial score (nSPS) is 18.2. The summed E-state index contributed by atoms with van der Waals surface area (Å²) in [5.74, 6) is 0. The minimum Gasteiger partial charge on any atom is -0.228 e. The third kappa shape index (κ3) is 4.55. The van der Waals surface area contributed by atoms with Gasteiger partial charge in [-0.1, -0.05) is 0 Å². The monoisotopic (exact) mass is 230 g/mol. The highest BCUT2D eigenvalue weighted by Crippen LogP contribution is 2.09. The van der Waals surface area contributed by atoms with Crippen molar-refractivity contribution >= 4 is 20.0 Å². The molecule has 8 heteroatoms. The van der Waals surface area contributed by atoms with Crippen LogP contribution in [0, 0.1) is 0 Å². The minimum atomic E-state index is -3.68. The molecule has 2 unspecified atom stereocenters. The Bertz CT molecular complexity index is 322. The molecule has 6 nitrogen and oxygen atoms in total. The molecule has 0 spiro atoms. The summed E-state index contributed by atoms with van der Waals surface area (Å²) in [5, 5.41) is 7.81. The van der Waals surface area contributed by atoms with Crippen molar-refractivity contribution in [2.24, 2.45) is 10.3 Å². The van der Waals surface area contributed by atoms with Crippen molar-refractivity contribution in [1.82, 2.24) is 0 Å². The van der Waals surface area contributed by atoms with Gasteiger partial charge in [0.15, 0.2) is 0 Å². The average Bonchev–Trinajstić information content (AvgIpc) is 1.82. The van der Waals surface area contributed by atoms with Crippen LogP contribution in [0.4, 0.5) is 0 Å². The molecule has 0 aromatic heterocycles. The summed E-state index contributed by atoms with van der Waals surface area (Å²) in [4.78, 5) is 0. The van der Waals surface area contributed by atoms with E-state index in [0.717, 1.165) is 0 Å². The molecule has 0 heterocycles. The van der Waals surface area contributed by atoms with Crippen LogP contribution in [0.5, 0.6) is 0 Å². The molecule has 0 radical (unpaired) electrons. The fourth-order valence-corrected chi connectivity index (χ4v) is 1.97. The molecule has 0 aromatic rings. The second-order valence-corrected chi connectivity index (χ2v) is 7.00. The first kappa shape index (κ1) is 12.8. The van der Waals surface area contributed by atoms with Gasteiger partial charge in [-0.3, -0.25) is 0 Å². The molecule has 0 saturated carbocycles. The van der Waals surface area contributed by atoms with Crippen molar-refractivity contribution < 1.29 is 16.8 Å². The van der Waals surface area contributed by atoms with Gasteiger partial charge in [0.05, 0.1) is 10.5 Å². The van der Waals surface area contributed by atoms with Gasteiger partial charge in [0, 0.05) is 0 Å². The number of sulfonamides is 2. The van der Waals surface area contributed by atoms with Crippen LogP contribution in [0.25, 0.3) is 0 Å². The van der Waals surface area contributed by atoms with E-state index in [4.69, 9.17) is 10.3 Å². The summed E-state index contributed by atoms with van der Waals surface area (Å²) in [6, 6.07) is 0. The van der Waals surface area contributed by atoms with Gasteiger partial charge >= 0.3 is 0 Å². The maximum atomic E-state index is 10.7. The smallest absolute Gasteiger partial charge is 0.211 e. The molecule has 0 aliphatic heterocycles. The molecule has 2 atom stereocenters. The summed E-state index contributed by atoms with van der Waals surface area (Å²) in [5.41, 5.74) is 0. The first-order chi connectivity index (χ1) is 5.55. The number of nitrogens with two attached hydrogens (primary N) is 2. The largest absolute Gasteiger partial charge is 0.228 e. The van der Waals surface area contributed by atoms with E-state index in [1.54, 1.807) is 0 Å². The number of hydrogen-bond donors (Lipinski definition) is 2. The number of hydrogen-bond acceptors (Lipinski definition) is 4. The fourth-order valence-electron chi connectivity index (χ4n) is 0.736. The minimum absolute atomic E-state index is 0.0856. The Morgan fingerprint density at radius 2 is 1.15 bits per heavy atom. The lowest BCUT2D eigenvalue weighted by Gasteiger charge is -2.13. The van der Waals surface area contributed by atoms with Crippen LogP contribution in [0.2, 0.25) is 0 Å². The lowest BCUT2D eigenvalue weighted by Crippen LogP contribution is -2.34. The lowest BCUT2D eigenvalue weighted by molar-refractivity contribution is 0.563. The van der Waals surface area contributed by atoms with Crippen LogP contribution in [0.15, 0.2) is 0 Å². The molecule has 0 amide bonds. The van der Waals surface area contributed by atoms with Gasteiger partial charge in [0.25, 0.3) is 0 Å². The zero-order valence-electron chi connectivity index (χ0n) is 7.47. The standard InChI is InChI=1S/C5H14N2O4S2/c1-4(12(6,8)9)3-5(2)13(7,10)11/h4-5H,3H2,1-2H3,(H2,6,8,9)(H2,7,10,11). The molecule has 0 aliphatic carbocycles. The highest BCUT2D eigenvalue weighted by atomic mass is 32.2. The van der Waals surface area contributed by atoms with Gasteiger partial charge in [-0.2, -0.15) is 0 Å². The maximum absolute atomic E-state index is 10.7. The molecule has 80 valence electrons. The maximum Gasteiger partial charge on any atom is 0.211 e. The van der Waals surface area contributed by atoms with Gasteiger partial charge in [-0.15, -0.1) is 0 Å². The topological polar surface area (TPSA) is 120 Å². The van der Waals surface area contributed by atoms with Crippen molar-refractivity contribution in [3.63, 3.8) is 0 Å². The predicted octanol–water partition coefficient (Wildman–Crippen LogP) is -1.27. The van der Waals surface area contributed by atoms with E-state index in [-0.39, 0.29) is 6.42 Å². The highest BCUT2D eigenvalue weighted by molar-refractivity contribution is 7.90. The summed E-state index contributed by atoms with van der Waals surface area (Å²) >= 11 is 0. The molecule has 0 fully saturated rings. The Labute approximate surface area is 78.4 Å². The van der Waals surface area contributed by atoms with E-state index in [9.17, 15) is 16.8 Å². The SMILES string of the molecule is CC(CC(C)S(N)(=O)=O)S(N)(=O)=O. The molecular formula is C5H14N2O4S2. The van der Waals surface area contributed by atoms with Crippen LogP contribution in [-0.4, -0.2) is 27.3 Å². The van der Waals surface area contributed by atoms with Crippen molar-refractivity contribution in [3.8, 4) is 0 Å². The van der Waals surface area contributed by atoms with Crippen LogP contribution in [-0.2, 0) is 20.0 Å². The molecule has 0 bridgehead atoms. The van der Waals surface area contributed by atoms with Gasteiger partial charge in [0.1, 0.15) is 0 Å². The lowest BCUT2D eigenvalue weighted by atomic mass is 10.3. The van der Waals surface area contributed by atoms with E-state index >= 15 is 0 Å². The average molecular weight is 230 g/mol.